The Balaban J connectivity index is 0.00000121. The number of aromatic carboxylic acids is 1. The Bertz CT molecular complexity index is 301. The molecular weight excluding hydrogens is 169 g/mol. The molecule has 1 aromatic rings. The first kappa shape index (κ1) is 11.3. The molecule has 0 aliphatic heterocycles. The summed E-state index contributed by atoms with van der Waals surface area (Å²) in [7, 11) is 0. The van der Waals surface area contributed by atoms with E-state index in [1.54, 1.807) is 0 Å². The van der Waals surface area contributed by atoms with Crippen LogP contribution >= 0.6 is 0 Å². The summed E-state index contributed by atoms with van der Waals surface area (Å²) < 4.78 is 0. The van der Waals surface area contributed by atoms with Crippen molar-refractivity contribution in [2.45, 2.75) is 0 Å². The molecule has 0 heterocycles. The third-order valence-electron chi connectivity index (χ3n) is 1.25. The van der Waals surface area contributed by atoms with E-state index in [0.29, 0.717) is 5.69 Å². The third-order valence-corrected chi connectivity index (χ3v) is 1.25. The molecule has 0 spiro atoms. The summed E-state index contributed by atoms with van der Waals surface area (Å²) in [6, 6.07) is 3.87. The molecule has 12 heavy (non-hydrogen) atoms. The van der Waals surface area contributed by atoms with Crippen molar-refractivity contribution < 1.29 is 44.6 Å². The maximum Gasteiger partial charge on any atom is 1.00 e. The molecule has 0 saturated heterocycles. The standard InChI is InChI=1S/C7H7NO3.Na/c8-4-1-2-5(7(10)11)6(9)3-4;/h1-3,9H,8H2,(H,10,11);/q;+1. The van der Waals surface area contributed by atoms with Crippen LogP contribution in [0.3, 0.4) is 0 Å². The molecule has 0 atom stereocenters. The van der Waals surface area contributed by atoms with E-state index in [2.05, 4.69) is 0 Å². The topological polar surface area (TPSA) is 83.6 Å². The first-order chi connectivity index (χ1) is 5.11. The van der Waals surface area contributed by atoms with Gasteiger partial charge in [0, 0.05) is 11.8 Å². The van der Waals surface area contributed by atoms with E-state index in [1.165, 1.54) is 18.2 Å². The fraction of sp³-hybridized carbons (Fsp3) is 0. The molecule has 0 saturated carbocycles. The van der Waals surface area contributed by atoms with Gasteiger partial charge in [0.05, 0.1) is 0 Å². The van der Waals surface area contributed by atoms with Crippen LogP contribution in [-0.4, -0.2) is 16.2 Å². The van der Waals surface area contributed by atoms with Gasteiger partial charge in [0.2, 0.25) is 0 Å². The van der Waals surface area contributed by atoms with Crippen molar-refractivity contribution in [1.82, 2.24) is 0 Å². The van der Waals surface area contributed by atoms with E-state index in [0.717, 1.165) is 0 Å². The average Bonchev–Trinajstić information content (AvgIpc) is 1.85. The minimum Gasteiger partial charge on any atom is -0.507 e. The molecule has 0 aliphatic rings. The summed E-state index contributed by atoms with van der Waals surface area (Å²) in [5.41, 5.74) is 5.48. The molecule has 0 radical (unpaired) electrons. The van der Waals surface area contributed by atoms with Gasteiger partial charge < -0.3 is 15.9 Å². The number of anilines is 1. The van der Waals surface area contributed by atoms with Crippen LogP contribution in [0.5, 0.6) is 5.75 Å². The van der Waals surface area contributed by atoms with Gasteiger partial charge in [0.25, 0.3) is 0 Å². The fourth-order valence-corrected chi connectivity index (χ4v) is 0.730. The minimum atomic E-state index is -1.16. The summed E-state index contributed by atoms with van der Waals surface area (Å²) in [6.45, 7) is 0. The van der Waals surface area contributed by atoms with Gasteiger partial charge >= 0.3 is 35.5 Å². The van der Waals surface area contributed by atoms with E-state index in [-0.39, 0.29) is 40.9 Å². The number of phenols is 1. The smallest absolute Gasteiger partial charge is 0.507 e. The molecule has 0 aromatic heterocycles. The minimum absolute atomic E-state index is 0. The number of carboxylic acids is 1. The van der Waals surface area contributed by atoms with Gasteiger partial charge in [0.15, 0.2) is 0 Å². The Hall–Kier alpha value is -0.710. The van der Waals surface area contributed by atoms with Crippen molar-refractivity contribution in [3.8, 4) is 5.75 Å². The molecule has 1 aromatic carbocycles. The SMILES string of the molecule is Nc1ccc(C(=O)O)c(O)c1.[Na+]. The summed E-state index contributed by atoms with van der Waals surface area (Å²) in [5.74, 6) is -1.47. The number of nitrogen functional groups attached to an aromatic ring is 1. The average molecular weight is 176 g/mol. The fourth-order valence-electron chi connectivity index (χ4n) is 0.730. The summed E-state index contributed by atoms with van der Waals surface area (Å²) in [6.07, 6.45) is 0. The second-order valence-corrected chi connectivity index (χ2v) is 2.08. The molecular formula is C7H7NNaO3+. The number of benzene rings is 1. The quantitative estimate of drug-likeness (QED) is 0.331. The van der Waals surface area contributed by atoms with Crippen LogP contribution < -0.4 is 35.3 Å². The third kappa shape index (κ3) is 2.41. The van der Waals surface area contributed by atoms with Crippen molar-refractivity contribution in [3.63, 3.8) is 0 Å². The van der Waals surface area contributed by atoms with Crippen LogP contribution in [0, 0.1) is 0 Å². The monoisotopic (exact) mass is 176 g/mol. The normalized spacial score (nSPS) is 8.67. The Labute approximate surface area is 91.3 Å². The predicted octanol–water partition coefficient (Wildman–Crippen LogP) is -2.32. The second-order valence-electron chi connectivity index (χ2n) is 2.08. The summed E-state index contributed by atoms with van der Waals surface area (Å²) in [5, 5.41) is 17.5. The van der Waals surface area contributed by atoms with Crippen LogP contribution in [0.2, 0.25) is 0 Å². The largest absolute Gasteiger partial charge is 1.00 e. The van der Waals surface area contributed by atoms with Crippen LogP contribution in [0.25, 0.3) is 0 Å². The number of carbonyl (C=O) groups is 1. The molecule has 0 aliphatic carbocycles. The maximum atomic E-state index is 10.3. The zero-order valence-corrected chi connectivity index (χ0v) is 8.61. The molecule has 58 valence electrons. The van der Waals surface area contributed by atoms with Crippen molar-refractivity contribution in [2.75, 3.05) is 5.73 Å². The van der Waals surface area contributed by atoms with Crippen molar-refractivity contribution in [3.05, 3.63) is 23.8 Å². The van der Waals surface area contributed by atoms with Crippen molar-refractivity contribution >= 4 is 11.7 Å². The molecule has 5 heteroatoms. The van der Waals surface area contributed by atoms with E-state index in [1.807, 2.05) is 0 Å². The Morgan fingerprint density at radius 2 is 2.00 bits per heavy atom. The zero-order chi connectivity index (χ0) is 8.43. The van der Waals surface area contributed by atoms with Gasteiger partial charge in [-0.2, -0.15) is 0 Å². The predicted molar refractivity (Wildman–Crippen MR) is 39.5 cm³/mol. The van der Waals surface area contributed by atoms with Crippen LogP contribution in [0.4, 0.5) is 5.69 Å². The van der Waals surface area contributed by atoms with E-state index < -0.39 is 5.97 Å². The van der Waals surface area contributed by atoms with Gasteiger partial charge in [-0.3, -0.25) is 0 Å². The number of hydrogen-bond acceptors (Lipinski definition) is 3. The first-order valence-electron chi connectivity index (χ1n) is 2.93. The van der Waals surface area contributed by atoms with E-state index >= 15 is 0 Å². The number of rotatable bonds is 1. The van der Waals surface area contributed by atoms with Gasteiger partial charge in [-0.05, 0) is 12.1 Å². The Morgan fingerprint density at radius 3 is 2.42 bits per heavy atom. The molecule has 0 unspecified atom stereocenters. The second kappa shape index (κ2) is 4.35. The van der Waals surface area contributed by atoms with Gasteiger partial charge in [-0.15, -0.1) is 0 Å². The van der Waals surface area contributed by atoms with E-state index in [9.17, 15) is 4.79 Å². The van der Waals surface area contributed by atoms with E-state index in [4.69, 9.17) is 15.9 Å². The Morgan fingerprint density at radius 1 is 1.42 bits per heavy atom. The van der Waals surface area contributed by atoms with Crippen LogP contribution in [-0.2, 0) is 0 Å². The number of nitrogens with two attached hydrogens (primary N) is 1. The summed E-state index contributed by atoms with van der Waals surface area (Å²) in [4.78, 5) is 10.3. The maximum absolute atomic E-state index is 10.3. The summed E-state index contributed by atoms with van der Waals surface area (Å²) >= 11 is 0. The molecule has 4 nitrogen and oxygen atoms in total. The zero-order valence-electron chi connectivity index (χ0n) is 6.61. The first-order valence-corrected chi connectivity index (χ1v) is 2.93. The van der Waals surface area contributed by atoms with Gasteiger partial charge in [-0.25, -0.2) is 4.79 Å². The van der Waals surface area contributed by atoms with Crippen molar-refractivity contribution in [1.29, 1.82) is 0 Å². The van der Waals surface area contributed by atoms with Crippen molar-refractivity contribution in [2.24, 2.45) is 0 Å². The number of aromatic hydroxyl groups is 1. The van der Waals surface area contributed by atoms with Crippen LogP contribution in [0.15, 0.2) is 18.2 Å². The molecule has 0 fully saturated rings. The van der Waals surface area contributed by atoms with Gasteiger partial charge in [-0.1, -0.05) is 0 Å². The molecule has 0 bridgehead atoms. The molecule has 4 N–H and O–H groups in total. The van der Waals surface area contributed by atoms with Gasteiger partial charge in [0.1, 0.15) is 11.3 Å². The van der Waals surface area contributed by atoms with Crippen LogP contribution in [0.1, 0.15) is 10.4 Å². The molecule has 1 rings (SSSR count). The number of carboxylic acid groups (broad SMARTS) is 1. The Kier molecular flexibility index (Phi) is 4.09. The number of hydrogen-bond donors (Lipinski definition) is 3. The molecule has 0 amide bonds.